The van der Waals surface area contributed by atoms with Crippen LogP contribution in [-0.2, 0) is 11.3 Å². The number of carbonyl (C=O) groups excluding carboxylic acids is 1. The maximum Gasteiger partial charge on any atom is 0.234 e. The summed E-state index contributed by atoms with van der Waals surface area (Å²) in [5.41, 5.74) is 2.88. The number of amides is 1. The van der Waals surface area contributed by atoms with Crippen molar-refractivity contribution in [2.45, 2.75) is 25.5 Å². The first kappa shape index (κ1) is 22.7. The summed E-state index contributed by atoms with van der Waals surface area (Å²) in [7, 11) is 0. The van der Waals surface area contributed by atoms with E-state index >= 15 is 0 Å². The number of benzene rings is 2. The van der Waals surface area contributed by atoms with Crippen LogP contribution >= 0.6 is 11.8 Å². The first-order valence-corrected chi connectivity index (χ1v) is 11.9. The molecule has 0 bridgehead atoms. The fourth-order valence-corrected chi connectivity index (χ4v) is 4.31. The van der Waals surface area contributed by atoms with E-state index < -0.39 is 0 Å². The van der Waals surface area contributed by atoms with E-state index in [2.05, 4.69) is 34.3 Å². The van der Waals surface area contributed by atoms with Crippen molar-refractivity contribution in [2.24, 2.45) is 0 Å². The van der Waals surface area contributed by atoms with Crippen LogP contribution in [0.15, 0.2) is 82.6 Å². The number of hydrogen-bond acceptors (Lipinski definition) is 6. The highest BCUT2D eigenvalue weighted by molar-refractivity contribution is 7.99. The summed E-state index contributed by atoms with van der Waals surface area (Å²) in [5.74, 6) is 1.67. The zero-order valence-corrected chi connectivity index (χ0v) is 19.6. The molecule has 0 spiro atoms. The predicted molar refractivity (Wildman–Crippen MR) is 133 cm³/mol. The Bertz CT molecular complexity index is 1150. The molecular formula is C25H27N5O2S. The van der Waals surface area contributed by atoms with Gasteiger partial charge >= 0.3 is 0 Å². The van der Waals surface area contributed by atoms with Crippen molar-refractivity contribution in [3.05, 3.63) is 78.8 Å². The Kier molecular flexibility index (Phi) is 7.47. The highest BCUT2D eigenvalue weighted by atomic mass is 32.2. The molecule has 1 amide bonds. The summed E-state index contributed by atoms with van der Waals surface area (Å²) >= 11 is 1.35. The van der Waals surface area contributed by atoms with E-state index in [1.807, 2.05) is 71.3 Å². The molecule has 1 N–H and O–H groups in total. The maximum atomic E-state index is 12.6. The third-order valence-electron chi connectivity index (χ3n) is 5.25. The van der Waals surface area contributed by atoms with E-state index in [-0.39, 0.29) is 11.7 Å². The molecule has 0 saturated carbocycles. The zero-order valence-electron chi connectivity index (χ0n) is 18.8. The number of hydrogen-bond donors (Lipinski definition) is 1. The zero-order chi connectivity index (χ0) is 23.0. The average Bonchev–Trinajstić information content (AvgIpc) is 3.50. The van der Waals surface area contributed by atoms with Crippen LogP contribution in [0.25, 0.3) is 11.4 Å². The molecule has 0 aliphatic carbocycles. The third kappa shape index (κ3) is 5.64. The summed E-state index contributed by atoms with van der Waals surface area (Å²) in [4.78, 5) is 14.9. The maximum absolute atomic E-state index is 12.6. The normalized spacial score (nSPS) is 10.8. The van der Waals surface area contributed by atoms with Crippen molar-refractivity contribution in [1.82, 2.24) is 14.8 Å². The second-order valence-corrected chi connectivity index (χ2v) is 8.34. The van der Waals surface area contributed by atoms with Gasteiger partial charge in [-0.05, 0) is 50.2 Å². The number of thioether (sulfide) groups is 1. The molecule has 2 aromatic carbocycles. The van der Waals surface area contributed by atoms with Gasteiger partial charge in [-0.15, -0.1) is 10.2 Å². The Labute approximate surface area is 197 Å². The van der Waals surface area contributed by atoms with Gasteiger partial charge in [0, 0.05) is 30.0 Å². The molecule has 0 atom stereocenters. The van der Waals surface area contributed by atoms with Gasteiger partial charge in [-0.3, -0.25) is 9.36 Å². The molecule has 0 saturated heterocycles. The number of aromatic nitrogens is 3. The first-order valence-electron chi connectivity index (χ1n) is 11.0. The molecule has 0 radical (unpaired) electrons. The van der Waals surface area contributed by atoms with Gasteiger partial charge in [-0.1, -0.05) is 42.1 Å². The largest absolute Gasteiger partial charge is 0.467 e. The molecule has 170 valence electrons. The summed E-state index contributed by atoms with van der Waals surface area (Å²) in [6.45, 7) is 6.64. The smallest absolute Gasteiger partial charge is 0.234 e. The number of furan rings is 1. The molecule has 0 unspecified atom stereocenters. The van der Waals surface area contributed by atoms with E-state index in [0.29, 0.717) is 11.7 Å². The molecule has 0 aliphatic rings. The number of nitrogens with one attached hydrogen (secondary N) is 1. The van der Waals surface area contributed by atoms with Crippen molar-refractivity contribution in [3.63, 3.8) is 0 Å². The molecular weight excluding hydrogens is 434 g/mol. The van der Waals surface area contributed by atoms with Crippen LogP contribution in [0.3, 0.4) is 0 Å². The second-order valence-electron chi connectivity index (χ2n) is 7.39. The van der Waals surface area contributed by atoms with E-state index in [1.54, 1.807) is 6.26 Å². The highest BCUT2D eigenvalue weighted by Crippen LogP contribution is 2.25. The van der Waals surface area contributed by atoms with Crippen molar-refractivity contribution in [2.75, 3.05) is 29.1 Å². The summed E-state index contributed by atoms with van der Waals surface area (Å²) in [6.07, 6.45) is 1.65. The molecule has 0 fully saturated rings. The van der Waals surface area contributed by atoms with Gasteiger partial charge in [0.05, 0.1) is 18.6 Å². The first-order chi connectivity index (χ1) is 16.2. The van der Waals surface area contributed by atoms with Crippen molar-refractivity contribution in [3.8, 4) is 11.4 Å². The van der Waals surface area contributed by atoms with Crippen molar-refractivity contribution in [1.29, 1.82) is 0 Å². The van der Waals surface area contributed by atoms with Crippen molar-refractivity contribution < 1.29 is 9.21 Å². The molecule has 4 rings (SSSR count). The summed E-state index contributed by atoms with van der Waals surface area (Å²) < 4.78 is 7.51. The van der Waals surface area contributed by atoms with Gasteiger partial charge in [-0.25, -0.2) is 0 Å². The van der Waals surface area contributed by atoms with Crippen LogP contribution in [0.1, 0.15) is 19.6 Å². The topological polar surface area (TPSA) is 76.2 Å². The van der Waals surface area contributed by atoms with Crippen LogP contribution in [0.2, 0.25) is 0 Å². The standard InChI is InChI=1S/C25H27N5O2S/c1-3-29(4-2)21-14-12-20(13-15-21)26-23(31)18-33-25-28-27-24(19-9-6-5-7-10-19)30(25)17-22-11-8-16-32-22/h5-16H,3-4,17-18H2,1-2H3,(H,26,31). The quantitative estimate of drug-likeness (QED) is 0.329. The fraction of sp³-hybridized carbons (Fsp3) is 0.240. The van der Waals surface area contributed by atoms with Gasteiger partial charge in [0.1, 0.15) is 5.76 Å². The van der Waals surface area contributed by atoms with Crippen LogP contribution in [0, 0.1) is 0 Å². The minimum absolute atomic E-state index is 0.0931. The predicted octanol–water partition coefficient (Wildman–Crippen LogP) is 5.16. The van der Waals surface area contributed by atoms with E-state index in [1.165, 1.54) is 11.8 Å². The van der Waals surface area contributed by atoms with Gasteiger partial charge in [0.15, 0.2) is 11.0 Å². The molecule has 33 heavy (non-hydrogen) atoms. The Morgan fingerprint density at radius 2 is 1.76 bits per heavy atom. The van der Waals surface area contributed by atoms with Gasteiger partial charge in [0.2, 0.25) is 5.91 Å². The lowest BCUT2D eigenvalue weighted by molar-refractivity contribution is -0.113. The summed E-state index contributed by atoms with van der Waals surface area (Å²) in [6, 6.07) is 21.6. The minimum atomic E-state index is -0.0931. The van der Waals surface area contributed by atoms with Crippen LogP contribution in [0.5, 0.6) is 0 Å². The molecule has 0 aliphatic heterocycles. The van der Waals surface area contributed by atoms with Crippen LogP contribution in [0.4, 0.5) is 11.4 Å². The summed E-state index contributed by atoms with van der Waals surface area (Å²) in [5, 5.41) is 12.4. The SMILES string of the molecule is CCN(CC)c1ccc(NC(=O)CSc2nnc(-c3ccccc3)n2Cc2ccco2)cc1. The van der Waals surface area contributed by atoms with E-state index in [0.717, 1.165) is 41.6 Å². The Balaban J connectivity index is 1.44. The number of nitrogens with zero attached hydrogens (tertiary/aromatic N) is 4. The Hall–Kier alpha value is -3.52. The lowest BCUT2D eigenvalue weighted by Crippen LogP contribution is -2.21. The van der Waals surface area contributed by atoms with Gasteiger partial charge in [-0.2, -0.15) is 0 Å². The molecule has 4 aromatic rings. The number of carbonyl (C=O) groups is 1. The average molecular weight is 462 g/mol. The van der Waals surface area contributed by atoms with Gasteiger partial charge < -0.3 is 14.6 Å². The Morgan fingerprint density at radius 3 is 2.42 bits per heavy atom. The van der Waals surface area contributed by atoms with E-state index in [9.17, 15) is 4.79 Å². The third-order valence-corrected chi connectivity index (χ3v) is 6.22. The van der Waals surface area contributed by atoms with Crippen LogP contribution < -0.4 is 10.2 Å². The van der Waals surface area contributed by atoms with E-state index in [4.69, 9.17) is 4.42 Å². The van der Waals surface area contributed by atoms with Crippen molar-refractivity contribution >= 4 is 29.0 Å². The second kappa shape index (κ2) is 10.9. The Morgan fingerprint density at radius 1 is 1.00 bits per heavy atom. The molecule has 2 heterocycles. The highest BCUT2D eigenvalue weighted by Gasteiger charge is 2.17. The monoisotopic (exact) mass is 461 g/mol. The fourth-order valence-electron chi connectivity index (χ4n) is 3.57. The lowest BCUT2D eigenvalue weighted by atomic mass is 10.2. The molecule has 2 aromatic heterocycles. The van der Waals surface area contributed by atoms with Gasteiger partial charge in [0.25, 0.3) is 0 Å². The van der Waals surface area contributed by atoms with Crippen LogP contribution in [-0.4, -0.2) is 39.5 Å². The molecule has 7 nitrogen and oxygen atoms in total. The number of anilines is 2. The molecule has 8 heteroatoms. The lowest BCUT2D eigenvalue weighted by Gasteiger charge is -2.21. The minimum Gasteiger partial charge on any atom is -0.467 e. The number of rotatable bonds is 10.